The van der Waals surface area contributed by atoms with Crippen LogP contribution in [0.4, 0.5) is 0 Å². The number of benzene rings is 1. The molecule has 0 bridgehead atoms. The zero-order valence-corrected chi connectivity index (χ0v) is 16.1. The molecule has 2 atom stereocenters. The minimum atomic E-state index is 0. The largest absolute Gasteiger partial charge is 0.342 e. The molecule has 3 nitrogen and oxygen atoms in total. The maximum atomic E-state index is 12.3. The Morgan fingerprint density at radius 2 is 2.14 bits per heavy atom. The van der Waals surface area contributed by atoms with E-state index in [0.717, 1.165) is 36.2 Å². The van der Waals surface area contributed by atoms with Gasteiger partial charge in [0.05, 0.1) is 0 Å². The molecule has 6 heteroatoms. The highest BCUT2D eigenvalue weighted by Crippen LogP contribution is 2.23. The van der Waals surface area contributed by atoms with Crippen LogP contribution in [0.5, 0.6) is 0 Å². The Balaban J connectivity index is 0.00000242. The summed E-state index contributed by atoms with van der Waals surface area (Å²) in [5, 5.41) is 0. The van der Waals surface area contributed by atoms with Crippen LogP contribution >= 0.6 is 40.1 Å². The smallest absolute Gasteiger partial charge is 0.223 e. The normalized spacial score (nSPS) is 19.4. The Hall–Kier alpha value is -0.230. The second-order valence-electron chi connectivity index (χ2n) is 5.65. The summed E-state index contributed by atoms with van der Waals surface area (Å²) in [5.74, 6) is 1.56. The van der Waals surface area contributed by atoms with E-state index in [-0.39, 0.29) is 24.4 Å². The van der Waals surface area contributed by atoms with Crippen molar-refractivity contribution < 1.29 is 4.79 Å². The van der Waals surface area contributed by atoms with E-state index < -0.39 is 0 Å². The van der Waals surface area contributed by atoms with Crippen molar-refractivity contribution in [2.45, 2.75) is 37.1 Å². The van der Waals surface area contributed by atoms with Gasteiger partial charge < -0.3 is 10.6 Å². The number of hydrogen-bond donors (Lipinski definition) is 1. The molecule has 124 valence electrons. The van der Waals surface area contributed by atoms with Crippen LogP contribution in [-0.4, -0.2) is 35.7 Å². The zero-order valence-electron chi connectivity index (χ0n) is 12.8. The fraction of sp³-hybridized carbons (Fsp3) is 0.562. The van der Waals surface area contributed by atoms with Gasteiger partial charge in [0, 0.05) is 40.7 Å². The third kappa shape index (κ3) is 6.11. The number of piperidine rings is 1. The number of likely N-dealkylation sites (tertiary alicyclic amines) is 1. The van der Waals surface area contributed by atoms with Crippen LogP contribution in [0.2, 0.25) is 0 Å². The van der Waals surface area contributed by atoms with Gasteiger partial charge in [-0.15, -0.1) is 24.2 Å². The van der Waals surface area contributed by atoms with E-state index in [9.17, 15) is 4.79 Å². The Morgan fingerprint density at radius 3 is 2.77 bits per heavy atom. The van der Waals surface area contributed by atoms with Gasteiger partial charge in [-0.05, 0) is 49.9 Å². The average Bonchev–Trinajstić information content (AvgIpc) is 2.49. The van der Waals surface area contributed by atoms with E-state index in [1.54, 1.807) is 11.8 Å². The van der Waals surface area contributed by atoms with Crippen LogP contribution in [-0.2, 0) is 4.79 Å². The number of halogens is 2. The van der Waals surface area contributed by atoms with Gasteiger partial charge >= 0.3 is 0 Å². The second kappa shape index (κ2) is 9.81. The van der Waals surface area contributed by atoms with Gasteiger partial charge in [0.25, 0.3) is 0 Å². The van der Waals surface area contributed by atoms with Gasteiger partial charge in [0.2, 0.25) is 5.91 Å². The van der Waals surface area contributed by atoms with Crippen LogP contribution in [0.3, 0.4) is 0 Å². The van der Waals surface area contributed by atoms with Gasteiger partial charge in [-0.2, -0.15) is 0 Å². The van der Waals surface area contributed by atoms with Crippen LogP contribution in [0.15, 0.2) is 33.6 Å². The third-order valence-electron chi connectivity index (χ3n) is 3.95. The van der Waals surface area contributed by atoms with Crippen LogP contribution in [0.25, 0.3) is 0 Å². The summed E-state index contributed by atoms with van der Waals surface area (Å²) >= 11 is 5.16. The molecule has 0 aliphatic carbocycles. The standard InChI is InChI=1S/C16H23BrN2OS.ClH/c1-12(18)13-3-2-9-19(11-13)16(20)8-10-21-15-6-4-14(17)5-7-15;/h4-7,12-13H,2-3,8-11,18H2,1H3;1H. The lowest BCUT2D eigenvalue weighted by molar-refractivity contribution is -0.132. The van der Waals surface area contributed by atoms with E-state index in [1.807, 2.05) is 24.0 Å². The molecular weight excluding hydrogens is 384 g/mol. The summed E-state index contributed by atoms with van der Waals surface area (Å²) in [5.41, 5.74) is 5.97. The van der Waals surface area contributed by atoms with Gasteiger partial charge in [0.15, 0.2) is 0 Å². The first-order chi connectivity index (χ1) is 10.1. The Labute approximate surface area is 151 Å². The molecule has 2 rings (SSSR count). The first kappa shape index (κ1) is 19.8. The molecule has 1 aliphatic rings. The molecule has 1 aromatic carbocycles. The van der Waals surface area contributed by atoms with Gasteiger partial charge in [-0.25, -0.2) is 0 Å². The highest BCUT2D eigenvalue weighted by molar-refractivity contribution is 9.10. The number of rotatable bonds is 5. The highest BCUT2D eigenvalue weighted by Gasteiger charge is 2.25. The fourth-order valence-electron chi connectivity index (χ4n) is 2.61. The number of nitrogens with two attached hydrogens (primary N) is 1. The second-order valence-corrected chi connectivity index (χ2v) is 7.74. The van der Waals surface area contributed by atoms with Crippen LogP contribution in [0, 0.1) is 5.92 Å². The molecule has 22 heavy (non-hydrogen) atoms. The summed E-state index contributed by atoms with van der Waals surface area (Å²) in [7, 11) is 0. The van der Waals surface area contributed by atoms with E-state index in [1.165, 1.54) is 4.90 Å². The number of carbonyl (C=O) groups excluding carboxylic acids is 1. The Bertz CT molecular complexity index is 470. The molecule has 2 N–H and O–H groups in total. The predicted molar refractivity (Wildman–Crippen MR) is 99.7 cm³/mol. The van der Waals surface area contributed by atoms with Crippen LogP contribution in [0.1, 0.15) is 26.2 Å². The highest BCUT2D eigenvalue weighted by atomic mass is 79.9. The van der Waals surface area contributed by atoms with Crippen molar-refractivity contribution >= 4 is 46.0 Å². The Kier molecular flexibility index (Phi) is 8.83. The predicted octanol–water partition coefficient (Wildman–Crippen LogP) is 3.94. The zero-order chi connectivity index (χ0) is 15.2. The monoisotopic (exact) mass is 406 g/mol. The van der Waals surface area contributed by atoms with Crippen molar-refractivity contribution in [3.8, 4) is 0 Å². The maximum Gasteiger partial charge on any atom is 0.223 e. The number of amides is 1. The molecule has 2 unspecified atom stereocenters. The quantitative estimate of drug-likeness (QED) is 0.752. The van der Waals surface area contributed by atoms with Crippen molar-refractivity contribution in [2.24, 2.45) is 11.7 Å². The summed E-state index contributed by atoms with van der Waals surface area (Å²) in [4.78, 5) is 15.5. The molecule has 0 radical (unpaired) electrons. The molecule has 1 fully saturated rings. The molecule has 1 aliphatic heterocycles. The van der Waals surface area contributed by atoms with E-state index >= 15 is 0 Å². The molecule has 0 saturated carbocycles. The molecule has 1 heterocycles. The lowest BCUT2D eigenvalue weighted by atomic mass is 9.92. The number of carbonyl (C=O) groups is 1. The van der Waals surface area contributed by atoms with E-state index in [4.69, 9.17) is 5.73 Å². The summed E-state index contributed by atoms with van der Waals surface area (Å²) in [6, 6.07) is 8.39. The third-order valence-corrected chi connectivity index (χ3v) is 5.49. The summed E-state index contributed by atoms with van der Waals surface area (Å²) < 4.78 is 1.08. The minimum absolute atomic E-state index is 0. The lowest BCUT2D eigenvalue weighted by Crippen LogP contribution is -2.45. The molecule has 0 aromatic heterocycles. The number of hydrogen-bond acceptors (Lipinski definition) is 3. The van der Waals surface area contributed by atoms with Gasteiger partial charge in [-0.1, -0.05) is 15.9 Å². The minimum Gasteiger partial charge on any atom is -0.342 e. The summed E-state index contributed by atoms with van der Waals surface area (Å²) in [6.45, 7) is 3.77. The lowest BCUT2D eigenvalue weighted by Gasteiger charge is -2.34. The SMILES string of the molecule is CC(N)C1CCCN(C(=O)CCSc2ccc(Br)cc2)C1.Cl. The first-order valence-electron chi connectivity index (χ1n) is 7.48. The topological polar surface area (TPSA) is 46.3 Å². The molecule has 0 spiro atoms. The molecule has 1 aromatic rings. The fourth-order valence-corrected chi connectivity index (χ4v) is 3.72. The van der Waals surface area contributed by atoms with Crippen molar-refractivity contribution in [1.82, 2.24) is 4.90 Å². The van der Waals surface area contributed by atoms with Crippen molar-refractivity contribution in [2.75, 3.05) is 18.8 Å². The number of nitrogens with zero attached hydrogens (tertiary/aromatic N) is 1. The van der Waals surface area contributed by atoms with E-state index in [2.05, 4.69) is 28.1 Å². The Morgan fingerprint density at radius 1 is 1.45 bits per heavy atom. The van der Waals surface area contributed by atoms with Crippen molar-refractivity contribution in [3.63, 3.8) is 0 Å². The van der Waals surface area contributed by atoms with E-state index in [0.29, 0.717) is 12.3 Å². The van der Waals surface area contributed by atoms with Gasteiger partial charge in [0.1, 0.15) is 0 Å². The average molecular weight is 408 g/mol. The van der Waals surface area contributed by atoms with Gasteiger partial charge in [-0.3, -0.25) is 4.79 Å². The van der Waals surface area contributed by atoms with Crippen LogP contribution < -0.4 is 5.73 Å². The van der Waals surface area contributed by atoms with Crippen molar-refractivity contribution in [1.29, 1.82) is 0 Å². The maximum absolute atomic E-state index is 12.3. The number of thioether (sulfide) groups is 1. The molecule has 1 amide bonds. The summed E-state index contributed by atoms with van der Waals surface area (Å²) in [6.07, 6.45) is 2.83. The molecular formula is C16H24BrClN2OS. The first-order valence-corrected chi connectivity index (χ1v) is 9.26. The molecule has 1 saturated heterocycles. The van der Waals surface area contributed by atoms with Crippen molar-refractivity contribution in [3.05, 3.63) is 28.7 Å².